The van der Waals surface area contributed by atoms with Crippen molar-refractivity contribution < 1.29 is 0 Å². The van der Waals surface area contributed by atoms with E-state index in [4.69, 9.17) is 0 Å². The van der Waals surface area contributed by atoms with Gasteiger partial charge in [-0.05, 0) is 43.2 Å². The van der Waals surface area contributed by atoms with Gasteiger partial charge in [0.05, 0.1) is 10.2 Å². The summed E-state index contributed by atoms with van der Waals surface area (Å²) < 4.78 is 1.24. The third-order valence-corrected chi connectivity index (χ3v) is 5.23. The summed E-state index contributed by atoms with van der Waals surface area (Å²) in [6.45, 7) is 9.86. The highest BCUT2D eigenvalue weighted by molar-refractivity contribution is 7.18. The van der Waals surface area contributed by atoms with E-state index in [9.17, 15) is 0 Å². The van der Waals surface area contributed by atoms with Gasteiger partial charge in [-0.15, -0.1) is 11.3 Å². The van der Waals surface area contributed by atoms with E-state index in [1.807, 2.05) is 0 Å². The zero-order valence-corrected chi connectivity index (χ0v) is 13.9. The number of anilines is 1. The minimum absolute atomic E-state index is 0.561. The molecule has 114 valence electrons. The van der Waals surface area contributed by atoms with Gasteiger partial charge in [-0.1, -0.05) is 13.8 Å². The van der Waals surface area contributed by atoms with Crippen LogP contribution in [0.1, 0.15) is 32.3 Å². The minimum Gasteiger partial charge on any atom is -0.355 e. The molecule has 2 aromatic heterocycles. The van der Waals surface area contributed by atoms with Gasteiger partial charge in [0.25, 0.3) is 0 Å². The number of hydrogen-bond donors (Lipinski definition) is 1. The summed E-state index contributed by atoms with van der Waals surface area (Å²) >= 11 is 1.77. The normalized spacial score (nSPS) is 19.6. The Morgan fingerprint density at radius 2 is 2.29 bits per heavy atom. The Balaban J connectivity index is 1.78. The minimum atomic E-state index is 0.561. The van der Waals surface area contributed by atoms with Crippen LogP contribution in [-0.2, 0) is 0 Å². The van der Waals surface area contributed by atoms with Crippen LogP contribution in [0.15, 0.2) is 11.7 Å². The van der Waals surface area contributed by atoms with E-state index >= 15 is 0 Å². The van der Waals surface area contributed by atoms with Crippen molar-refractivity contribution in [3.63, 3.8) is 0 Å². The van der Waals surface area contributed by atoms with Crippen molar-refractivity contribution >= 4 is 27.4 Å². The summed E-state index contributed by atoms with van der Waals surface area (Å²) in [6, 6.07) is 0.561. The van der Waals surface area contributed by atoms with Crippen LogP contribution >= 0.6 is 11.3 Å². The molecule has 1 aliphatic heterocycles. The molecule has 0 aliphatic carbocycles. The first-order valence-electron chi connectivity index (χ1n) is 7.82. The van der Waals surface area contributed by atoms with Gasteiger partial charge in [0.15, 0.2) is 0 Å². The quantitative estimate of drug-likeness (QED) is 0.941. The lowest BCUT2D eigenvalue weighted by atomic mass is 9.97. The number of nitrogens with one attached hydrogen (secondary N) is 1. The van der Waals surface area contributed by atoms with Gasteiger partial charge in [0, 0.05) is 19.1 Å². The zero-order chi connectivity index (χ0) is 14.8. The highest BCUT2D eigenvalue weighted by atomic mass is 32.1. The molecule has 1 atom stereocenters. The second kappa shape index (κ2) is 6.28. The van der Waals surface area contributed by atoms with Gasteiger partial charge in [0.1, 0.15) is 12.1 Å². The van der Waals surface area contributed by atoms with E-state index < -0.39 is 0 Å². The molecule has 0 bridgehead atoms. The van der Waals surface area contributed by atoms with Crippen LogP contribution in [-0.4, -0.2) is 35.6 Å². The van der Waals surface area contributed by atoms with Crippen molar-refractivity contribution in [3.8, 4) is 0 Å². The molecule has 0 radical (unpaired) electrons. The smallest absolute Gasteiger partial charge is 0.150 e. The molecule has 2 aromatic rings. The molecule has 1 fully saturated rings. The zero-order valence-electron chi connectivity index (χ0n) is 13.1. The van der Waals surface area contributed by atoms with Crippen LogP contribution in [0.25, 0.3) is 10.2 Å². The van der Waals surface area contributed by atoms with Gasteiger partial charge in [-0.3, -0.25) is 0 Å². The molecule has 3 heterocycles. The maximum absolute atomic E-state index is 4.58. The number of thiophene rings is 1. The fourth-order valence-corrected chi connectivity index (χ4v) is 4.03. The van der Waals surface area contributed by atoms with Crippen molar-refractivity contribution in [2.45, 2.75) is 39.7 Å². The van der Waals surface area contributed by atoms with Crippen LogP contribution in [0.5, 0.6) is 0 Å². The Kier molecular flexibility index (Phi) is 4.40. The Morgan fingerprint density at radius 1 is 1.43 bits per heavy atom. The molecular weight excluding hydrogens is 280 g/mol. The molecule has 4 nitrogen and oxygen atoms in total. The van der Waals surface area contributed by atoms with Crippen molar-refractivity contribution in [2.24, 2.45) is 5.92 Å². The number of fused-ring (bicyclic) bond motifs is 1. The lowest BCUT2D eigenvalue weighted by Crippen LogP contribution is -2.41. The molecule has 1 aliphatic rings. The highest BCUT2D eigenvalue weighted by Crippen LogP contribution is 2.32. The van der Waals surface area contributed by atoms with Gasteiger partial charge in [0.2, 0.25) is 0 Å². The summed E-state index contributed by atoms with van der Waals surface area (Å²) in [5, 5.41) is 5.76. The SMILES string of the molecule is Cc1csc2c(N3CCCC(CNC(C)C)C3)ncnc12. The van der Waals surface area contributed by atoms with Gasteiger partial charge in [-0.2, -0.15) is 0 Å². The molecule has 3 rings (SSSR count). The molecule has 1 N–H and O–H groups in total. The Hall–Kier alpha value is -1.20. The first-order chi connectivity index (χ1) is 10.1. The van der Waals surface area contributed by atoms with Crippen LogP contribution in [0.4, 0.5) is 5.82 Å². The predicted octanol–water partition coefficient (Wildman–Crippen LogP) is 3.21. The summed E-state index contributed by atoms with van der Waals surface area (Å²) in [5.41, 5.74) is 2.38. The number of aromatic nitrogens is 2. The number of hydrogen-bond acceptors (Lipinski definition) is 5. The van der Waals surface area contributed by atoms with Crippen molar-refractivity contribution in [1.82, 2.24) is 15.3 Å². The number of rotatable bonds is 4. The van der Waals surface area contributed by atoms with E-state index in [0.29, 0.717) is 12.0 Å². The van der Waals surface area contributed by atoms with E-state index in [-0.39, 0.29) is 0 Å². The fourth-order valence-electron chi connectivity index (χ4n) is 3.01. The number of piperidine rings is 1. The largest absolute Gasteiger partial charge is 0.355 e. The highest BCUT2D eigenvalue weighted by Gasteiger charge is 2.23. The van der Waals surface area contributed by atoms with Gasteiger partial charge in [-0.25, -0.2) is 9.97 Å². The second-order valence-electron chi connectivity index (χ2n) is 6.31. The fraction of sp³-hybridized carbons (Fsp3) is 0.625. The standard InChI is InChI=1S/C16H24N4S/c1-11(2)17-7-13-5-4-6-20(8-13)16-15-14(18-10-19-16)12(3)9-21-15/h9-11,13,17H,4-8H2,1-3H3. The molecule has 0 amide bonds. The van der Waals surface area contributed by atoms with E-state index in [2.05, 4.69) is 46.3 Å². The molecule has 0 saturated carbocycles. The summed E-state index contributed by atoms with van der Waals surface area (Å²) in [4.78, 5) is 11.5. The third kappa shape index (κ3) is 3.19. The summed E-state index contributed by atoms with van der Waals surface area (Å²) in [6.07, 6.45) is 4.28. The summed E-state index contributed by atoms with van der Waals surface area (Å²) in [7, 11) is 0. The van der Waals surface area contributed by atoms with Crippen LogP contribution in [0.3, 0.4) is 0 Å². The Bertz CT molecular complexity index is 607. The Labute approximate surface area is 130 Å². The van der Waals surface area contributed by atoms with Crippen molar-refractivity contribution in [3.05, 3.63) is 17.3 Å². The first-order valence-corrected chi connectivity index (χ1v) is 8.70. The maximum atomic E-state index is 4.58. The number of aryl methyl sites for hydroxylation is 1. The maximum Gasteiger partial charge on any atom is 0.150 e. The van der Waals surface area contributed by atoms with E-state index in [1.165, 1.54) is 23.1 Å². The molecule has 0 aromatic carbocycles. The summed E-state index contributed by atoms with van der Waals surface area (Å²) in [5.74, 6) is 1.85. The predicted molar refractivity (Wildman–Crippen MR) is 90.2 cm³/mol. The van der Waals surface area contributed by atoms with E-state index in [1.54, 1.807) is 17.7 Å². The topological polar surface area (TPSA) is 41.0 Å². The first kappa shape index (κ1) is 14.7. The van der Waals surface area contributed by atoms with Crippen LogP contribution < -0.4 is 10.2 Å². The van der Waals surface area contributed by atoms with Crippen LogP contribution in [0, 0.1) is 12.8 Å². The molecular formula is C16H24N4S. The average molecular weight is 304 g/mol. The van der Waals surface area contributed by atoms with Gasteiger partial charge < -0.3 is 10.2 Å². The number of nitrogens with zero attached hydrogens (tertiary/aromatic N) is 3. The van der Waals surface area contributed by atoms with Gasteiger partial charge >= 0.3 is 0 Å². The molecule has 1 saturated heterocycles. The van der Waals surface area contributed by atoms with E-state index in [0.717, 1.165) is 31.0 Å². The lowest BCUT2D eigenvalue weighted by Gasteiger charge is -2.34. The van der Waals surface area contributed by atoms with Crippen molar-refractivity contribution in [1.29, 1.82) is 0 Å². The molecule has 5 heteroatoms. The lowest BCUT2D eigenvalue weighted by molar-refractivity contribution is 0.378. The Morgan fingerprint density at radius 3 is 3.10 bits per heavy atom. The average Bonchev–Trinajstić information content (AvgIpc) is 2.87. The molecule has 21 heavy (non-hydrogen) atoms. The third-order valence-electron chi connectivity index (χ3n) is 4.15. The van der Waals surface area contributed by atoms with Crippen molar-refractivity contribution in [2.75, 3.05) is 24.5 Å². The molecule has 0 spiro atoms. The second-order valence-corrected chi connectivity index (χ2v) is 7.19. The monoisotopic (exact) mass is 304 g/mol. The van der Waals surface area contributed by atoms with Crippen LogP contribution in [0.2, 0.25) is 0 Å². The molecule has 1 unspecified atom stereocenters.